The SMILES string of the molecule is O=C(CCS(=O)(=O)CF)Cc1ccccc1. The van der Waals surface area contributed by atoms with Crippen molar-refractivity contribution in [3.05, 3.63) is 35.9 Å². The third-order valence-corrected chi connectivity index (χ3v) is 3.26. The number of Topliss-reactive ketones (excluding diaryl/α,β-unsaturated/α-hetero) is 1. The summed E-state index contributed by atoms with van der Waals surface area (Å²) in [6.45, 7) is 0. The molecule has 0 amide bonds. The molecule has 0 unspecified atom stereocenters. The van der Waals surface area contributed by atoms with Crippen LogP contribution in [0.25, 0.3) is 0 Å². The summed E-state index contributed by atoms with van der Waals surface area (Å²) >= 11 is 0. The van der Waals surface area contributed by atoms with Crippen molar-refractivity contribution in [3.8, 4) is 0 Å². The van der Waals surface area contributed by atoms with Crippen LogP contribution in [0.15, 0.2) is 30.3 Å². The highest BCUT2D eigenvalue weighted by Crippen LogP contribution is 2.03. The lowest BCUT2D eigenvalue weighted by Crippen LogP contribution is -2.13. The monoisotopic (exact) mass is 244 g/mol. The zero-order chi connectivity index (χ0) is 12.0. The third kappa shape index (κ3) is 4.53. The van der Waals surface area contributed by atoms with E-state index in [1.807, 2.05) is 6.07 Å². The normalized spacial score (nSPS) is 11.3. The smallest absolute Gasteiger partial charge is 0.190 e. The van der Waals surface area contributed by atoms with Crippen LogP contribution in [0.2, 0.25) is 0 Å². The van der Waals surface area contributed by atoms with Crippen molar-refractivity contribution in [3.63, 3.8) is 0 Å². The van der Waals surface area contributed by atoms with E-state index in [0.29, 0.717) is 0 Å². The Kier molecular flexibility index (Phi) is 4.61. The van der Waals surface area contributed by atoms with E-state index in [1.54, 1.807) is 24.3 Å². The molecule has 0 N–H and O–H groups in total. The summed E-state index contributed by atoms with van der Waals surface area (Å²) in [5.41, 5.74) is 0.838. The Morgan fingerprint density at radius 3 is 2.38 bits per heavy atom. The molecule has 0 fully saturated rings. The van der Waals surface area contributed by atoms with Crippen LogP contribution in [0.3, 0.4) is 0 Å². The Bertz CT molecular complexity index is 440. The molecule has 3 nitrogen and oxygen atoms in total. The van der Waals surface area contributed by atoms with Crippen LogP contribution >= 0.6 is 0 Å². The van der Waals surface area contributed by atoms with Crippen LogP contribution in [0.5, 0.6) is 0 Å². The van der Waals surface area contributed by atoms with Gasteiger partial charge in [-0.2, -0.15) is 0 Å². The van der Waals surface area contributed by atoms with Crippen molar-refractivity contribution >= 4 is 15.6 Å². The number of halogens is 1. The fourth-order valence-electron chi connectivity index (χ4n) is 1.24. The van der Waals surface area contributed by atoms with Gasteiger partial charge in [0.2, 0.25) is 0 Å². The molecule has 0 aromatic heterocycles. The Balaban J connectivity index is 2.44. The quantitative estimate of drug-likeness (QED) is 0.762. The lowest BCUT2D eigenvalue weighted by molar-refractivity contribution is -0.118. The maximum atomic E-state index is 11.9. The van der Waals surface area contributed by atoms with Crippen molar-refractivity contribution in [1.29, 1.82) is 0 Å². The summed E-state index contributed by atoms with van der Waals surface area (Å²) in [4.78, 5) is 11.4. The maximum absolute atomic E-state index is 11.9. The highest BCUT2D eigenvalue weighted by Gasteiger charge is 2.13. The molecular weight excluding hydrogens is 231 g/mol. The second kappa shape index (κ2) is 5.75. The average molecular weight is 244 g/mol. The molecule has 16 heavy (non-hydrogen) atoms. The lowest BCUT2D eigenvalue weighted by Gasteiger charge is -2.01. The minimum atomic E-state index is -3.69. The van der Waals surface area contributed by atoms with Gasteiger partial charge in [-0.25, -0.2) is 12.8 Å². The molecule has 0 heterocycles. The minimum Gasteiger partial charge on any atom is -0.299 e. The molecule has 0 spiro atoms. The van der Waals surface area contributed by atoms with Crippen LogP contribution in [0.1, 0.15) is 12.0 Å². The van der Waals surface area contributed by atoms with Gasteiger partial charge in [0, 0.05) is 12.8 Å². The fourth-order valence-corrected chi connectivity index (χ4v) is 1.88. The van der Waals surface area contributed by atoms with Crippen molar-refractivity contribution in [1.82, 2.24) is 0 Å². The van der Waals surface area contributed by atoms with E-state index in [4.69, 9.17) is 0 Å². The van der Waals surface area contributed by atoms with E-state index in [1.165, 1.54) is 0 Å². The van der Waals surface area contributed by atoms with Gasteiger partial charge in [-0.3, -0.25) is 4.79 Å². The number of rotatable bonds is 6. The summed E-state index contributed by atoms with van der Waals surface area (Å²) in [6, 6.07) is 7.64. The molecule has 1 rings (SSSR count). The molecule has 0 atom stereocenters. The second-order valence-corrected chi connectivity index (χ2v) is 5.62. The number of ketones is 1. The standard InChI is InChI=1S/C11H13FO3S/c12-9-16(14,15)7-6-11(13)8-10-4-2-1-3-5-10/h1-5H,6-9H2. The number of benzene rings is 1. The predicted molar refractivity (Wildman–Crippen MR) is 59.5 cm³/mol. The summed E-state index contributed by atoms with van der Waals surface area (Å²) in [5.74, 6) is -0.599. The first-order chi connectivity index (χ1) is 7.53. The van der Waals surface area contributed by atoms with E-state index in [-0.39, 0.29) is 18.6 Å². The highest BCUT2D eigenvalue weighted by atomic mass is 32.2. The van der Waals surface area contributed by atoms with Crippen LogP contribution in [0.4, 0.5) is 4.39 Å². The zero-order valence-electron chi connectivity index (χ0n) is 8.73. The van der Waals surface area contributed by atoms with Gasteiger partial charge in [0.1, 0.15) is 5.78 Å². The zero-order valence-corrected chi connectivity index (χ0v) is 9.54. The molecule has 88 valence electrons. The number of carbonyl (C=O) groups is 1. The molecule has 0 aliphatic heterocycles. The molecule has 0 saturated carbocycles. The molecule has 0 saturated heterocycles. The number of carbonyl (C=O) groups excluding carboxylic acids is 1. The van der Waals surface area contributed by atoms with Crippen LogP contribution in [0, 0.1) is 0 Å². The molecule has 0 aliphatic carbocycles. The maximum Gasteiger partial charge on any atom is 0.190 e. The molecule has 0 aliphatic rings. The summed E-state index contributed by atoms with van der Waals surface area (Å²) < 4.78 is 33.6. The number of alkyl halides is 1. The number of hydrogen-bond donors (Lipinski definition) is 0. The van der Waals surface area contributed by atoms with Crippen molar-refractivity contribution < 1.29 is 17.6 Å². The van der Waals surface area contributed by atoms with Crippen LogP contribution in [-0.2, 0) is 21.1 Å². The van der Waals surface area contributed by atoms with Crippen molar-refractivity contribution in [2.75, 3.05) is 11.8 Å². The molecular formula is C11H13FO3S. The first-order valence-electron chi connectivity index (χ1n) is 4.85. The topological polar surface area (TPSA) is 51.2 Å². The van der Waals surface area contributed by atoms with Gasteiger partial charge in [0.05, 0.1) is 5.75 Å². The van der Waals surface area contributed by atoms with Gasteiger partial charge < -0.3 is 0 Å². The minimum absolute atomic E-state index is 0.124. The molecule has 1 aromatic carbocycles. The second-order valence-electron chi connectivity index (χ2n) is 3.51. The van der Waals surface area contributed by atoms with Crippen molar-refractivity contribution in [2.24, 2.45) is 0 Å². The molecule has 1 aromatic rings. The van der Waals surface area contributed by atoms with Gasteiger partial charge in [-0.15, -0.1) is 0 Å². The Morgan fingerprint density at radius 1 is 1.19 bits per heavy atom. The largest absolute Gasteiger partial charge is 0.299 e. The van der Waals surface area contributed by atoms with Gasteiger partial charge in [0.15, 0.2) is 15.8 Å². The molecule has 0 radical (unpaired) electrons. The van der Waals surface area contributed by atoms with Crippen molar-refractivity contribution in [2.45, 2.75) is 12.8 Å². The Morgan fingerprint density at radius 2 is 1.81 bits per heavy atom. The lowest BCUT2D eigenvalue weighted by atomic mass is 10.1. The molecule has 5 heteroatoms. The number of sulfone groups is 1. The summed E-state index contributed by atoms with van der Waals surface area (Å²) in [6.07, 6.45) is 0.0732. The predicted octanol–water partition coefficient (Wildman–Crippen LogP) is 1.53. The highest BCUT2D eigenvalue weighted by molar-refractivity contribution is 7.91. The fraction of sp³-hybridized carbons (Fsp3) is 0.364. The van der Waals surface area contributed by atoms with Crippen LogP contribution < -0.4 is 0 Å². The van der Waals surface area contributed by atoms with E-state index in [9.17, 15) is 17.6 Å². The van der Waals surface area contributed by atoms with E-state index in [0.717, 1.165) is 5.56 Å². The summed E-state index contributed by atoms with van der Waals surface area (Å²) in [5, 5.41) is 0. The van der Waals surface area contributed by atoms with Gasteiger partial charge >= 0.3 is 0 Å². The first kappa shape index (κ1) is 12.8. The van der Waals surface area contributed by atoms with Crippen LogP contribution in [-0.4, -0.2) is 26.0 Å². The third-order valence-electron chi connectivity index (χ3n) is 2.10. The van der Waals surface area contributed by atoms with Gasteiger partial charge in [0.25, 0.3) is 0 Å². The van der Waals surface area contributed by atoms with E-state index >= 15 is 0 Å². The average Bonchev–Trinajstić information content (AvgIpc) is 2.28. The summed E-state index contributed by atoms with van der Waals surface area (Å²) in [7, 11) is -3.69. The Labute approximate surface area is 94.2 Å². The van der Waals surface area contributed by atoms with Gasteiger partial charge in [-0.1, -0.05) is 30.3 Å². The van der Waals surface area contributed by atoms with Gasteiger partial charge in [-0.05, 0) is 5.56 Å². The first-order valence-corrected chi connectivity index (χ1v) is 6.67. The number of hydrogen-bond acceptors (Lipinski definition) is 3. The molecule has 0 bridgehead atoms. The van der Waals surface area contributed by atoms with E-state index in [2.05, 4.69) is 0 Å². The Hall–Kier alpha value is -1.23. The van der Waals surface area contributed by atoms with E-state index < -0.39 is 21.6 Å².